The van der Waals surface area contributed by atoms with Crippen molar-refractivity contribution in [1.82, 2.24) is 4.48 Å². The zero-order valence-corrected chi connectivity index (χ0v) is 29.3. The van der Waals surface area contributed by atoms with Gasteiger partial charge in [-0.15, -0.1) is 10.0 Å². The molecule has 246 valence electrons. The molecule has 0 fully saturated rings. The molecule has 0 amide bonds. The molecule has 5 heterocycles. The van der Waals surface area contributed by atoms with Gasteiger partial charge in [0.05, 0.1) is 17.1 Å². The van der Waals surface area contributed by atoms with Crippen LogP contribution in [-0.2, 0) is 0 Å². The third-order valence-corrected chi connectivity index (χ3v) is 15.9. The van der Waals surface area contributed by atoms with Gasteiger partial charge in [0.2, 0.25) is 0 Å². The van der Waals surface area contributed by atoms with Crippen molar-refractivity contribution in [2.75, 3.05) is 4.90 Å². The van der Waals surface area contributed by atoms with Crippen LogP contribution in [0.1, 0.15) is 0 Å². The van der Waals surface area contributed by atoms with E-state index in [1.807, 2.05) is 0 Å². The molecule has 0 atom stereocenters. The van der Waals surface area contributed by atoms with E-state index in [4.69, 9.17) is 4.42 Å². The van der Waals surface area contributed by atoms with E-state index in [0.717, 1.165) is 27.6 Å². The minimum atomic E-state index is -1.93. The number of furan rings is 1. The summed E-state index contributed by atoms with van der Waals surface area (Å²) in [7, 11) is -1.93. The number of hydrogen-bond donors (Lipinski definition) is 0. The Morgan fingerprint density at radius 1 is 0.491 bits per heavy atom. The van der Waals surface area contributed by atoms with Crippen LogP contribution in [0.25, 0.3) is 54.9 Å². The Morgan fingerprint density at radius 2 is 1.15 bits per heavy atom. The van der Waals surface area contributed by atoms with E-state index in [2.05, 4.69) is 185 Å². The third kappa shape index (κ3) is 3.27. The number of fused-ring (bicyclic) bond motifs is 13. The molecule has 5 heteroatoms. The minimum absolute atomic E-state index is 0.0602. The number of anilines is 3. The summed E-state index contributed by atoms with van der Waals surface area (Å²) in [5.41, 5.74) is 13.2. The molecule has 2 aromatic heterocycles. The van der Waals surface area contributed by atoms with Gasteiger partial charge in [0, 0.05) is 57.7 Å². The number of benzene rings is 8. The maximum absolute atomic E-state index is 7.06. The Balaban J connectivity index is 1.29. The first kappa shape index (κ1) is 28.2. The molecule has 3 aliphatic rings. The summed E-state index contributed by atoms with van der Waals surface area (Å²) < 4.78 is 9.70. The lowest BCUT2D eigenvalue weighted by atomic mass is 9.45. The SMILES string of the molecule is c1ccc(S2(c3ccccc3)c3ccccc3N3c4c(cccc42)B2c4c(cc5c(oc6ccccc65)c43)-c3cccc4c5ccccc5n2c34)cc1. The van der Waals surface area contributed by atoms with E-state index in [1.165, 1.54) is 74.8 Å². The van der Waals surface area contributed by atoms with Crippen molar-refractivity contribution in [2.24, 2.45) is 0 Å². The largest absolute Gasteiger partial charge is 0.454 e. The molecule has 10 aromatic rings. The monoisotopic (exact) mass is 692 g/mol. The second kappa shape index (κ2) is 9.91. The van der Waals surface area contributed by atoms with Gasteiger partial charge in [-0.3, -0.25) is 0 Å². The van der Waals surface area contributed by atoms with E-state index in [-0.39, 0.29) is 6.85 Å². The molecule has 0 unspecified atom stereocenters. The van der Waals surface area contributed by atoms with Gasteiger partial charge in [-0.25, -0.2) is 0 Å². The van der Waals surface area contributed by atoms with Crippen LogP contribution in [0.4, 0.5) is 17.1 Å². The molecule has 0 saturated carbocycles. The molecule has 0 radical (unpaired) electrons. The molecular weight excluding hydrogens is 663 g/mol. The Hall–Kier alpha value is -6.43. The number of para-hydroxylation sites is 5. The van der Waals surface area contributed by atoms with Gasteiger partial charge in [-0.2, -0.15) is 0 Å². The van der Waals surface area contributed by atoms with E-state index < -0.39 is 10.0 Å². The van der Waals surface area contributed by atoms with Gasteiger partial charge < -0.3 is 13.8 Å². The number of hydrogen-bond acceptors (Lipinski definition) is 2. The summed E-state index contributed by atoms with van der Waals surface area (Å²) in [6.45, 7) is -0.0602. The van der Waals surface area contributed by atoms with Crippen LogP contribution in [0.3, 0.4) is 0 Å². The van der Waals surface area contributed by atoms with E-state index in [9.17, 15) is 0 Å². The molecule has 0 spiro atoms. The third-order valence-electron chi connectivity index (χ3n) is 12.0. The van der Waals surface area contributed by atoms with Crippen molar-refractivity contribution >= 4 is 88.6 Å². The quantitative estimate of drug-likeness (QED) is 0.168. The van der Waals surface area contributed by atoms with Crippen LogP contribution in [-0.4, -0.2) is 11.3 Å². The van der Waals surface area contributed by atoms with Gasteiger partial charge >= 0.3 is 6.85 Å². The van der Waals surface area contributed by atoms with Crippen LogP contribution >= 0.6 is 10.0 Å². The van der Waals surface area contributed by atoms with Crippen molar-refractivity contribution in [3.63, 3.8) is 0 Å². The number of nitrogens with zero attached hydrogens (tertiary/aromatic N) is 2. The fourth-order valence-electron chi connectivity index (χ4n) is 10.1. The van der Waals surface area contributed by atoms with E-state index in [1.54, 1.807) is 0 Å². The van der Waals surface area contributed by atoms with Crippen LogP contribution < -0.4 is 15.8 Å². The molecule has 53 heavy (non-hydrogen) atoms. The van der Waals surface area contributed by atoms with Crippen LogP contribution in [0, 0.1) is 0 Å². The smallest absolute Gasteiger partial charge is 0.333 e. The summed E-state index contributed by atoms with van der Waals surface area (Å²) in [4.78, 5) is 7.96. The fourth-order valence-corrected chi connectivity index (χ4v) is 14.2. The van der Waals surface area contributed by atoms with Gasteiger partial charge in [0.25, 0.3) is 0 Å². The summed E-state index contributed by atoms with van der Waals surface area (Å²) in [6, 6.07) is 65.6. The van der Waals surface area contributed by atoms with E-state index in [0.29, 0.717) is 0 Å². The van der Waals surface area contributed by atoms with Crippen molar-refractivity contribution < 1.29 is 4.42 Å². The topological polar surface area (TPSA) is 21.3 Å². The highest BCUT2D eigenvalue weighted by Gasteiger charge is 2.51. The van der Waals surface area contributed by atoms with Gasteiger partial charge in [-0.1, -0.05) is 115 Å². The van der Waals surface area contributed by atoms with Crippen molar-refractivity contribution in [2.45, 2.75) is 19.6 Å². The second-order valence-corrected chi connectivity index (χ2v) is 17.4. The lowest BCUT2D eigenvalue weighted by molar-refractivity contribution is 0.669. The maximum Gasteiger partial charge on any atom is 0.333 e. The Kier molecular flexibility index (Phi) is 5.27. The molecule has 0 saturated heterocycles. The highest BCUT2D eigenvalue weighted by molar-refractivity contribution is 8.34. The minimum Gasteiger partial charge on any atom is -0.454 e. The zero-order chi connectivity index (χ0) is 34.4. The summed E-state index contributed by atoms with van der Waals surface area (Å²) in [6.07, 6.45) is 0. The van der Waals surface area contributed by atoms with Crippen LogP contribution in [0.5, 0.6) is 0 Å². The first-order valence-corrected chi connectivity index (χ1v) is 19.9. The molecule has 0 N–H and O–H groups in total. The predicted molar refractivity (Wildman–Crippen MR) is 221 cm³/mol. The van der Waals surface area contributed by atoms with Crippen molar-refractivity contribution in [1.29, 1.82) is 0 Å². The maximum atomic E-state index is 7.06. The molecule has 3 nitrogen and oxygen atoms in total. The molecule has 0 aliphatic carbocycles. The first-order valence-electron chi connectivity index (χ1n) is 18.3. The van der Waals surface area contributed by atoms with E-state index >= 15 is 0 Å². The Bertz CT molecular complexity index is 3160. The van der Waals surface area contributed by atoms with Gasteiger partial charge in [0.1, 0.15) is 5.58 Å². The normalized spacial score (nSPS) is 15.1. The Labute approximate surface area is 307 Å². The summed E-state index contributed by atoms with van der Waals surface area (Å²) >= 11 is 0. The first-order chi connectivity index (χ1) is 26.3. The lowest BCUT2D eigenvalue weighted by Gasteiger charge is -2.52. The average molecular weight is 693 g/mol. The molecule has 13 rings (SSSR count). The number of rotatable bonds is 2. The van der Waals surface area contributed by atoms with Crippen molar-refractivity contribution in [3.8, 4) is 11.1 Å². The molecule has 8 aromatic carbocycles. The second-order valence-electron chi connectivity index (χ2n) is 14.4. The van der Waals surface area contributed by atoms with Gasteiger partial charge in [0.15, 0.2) is 5.58 Å². The highest BCUT2D eigenvalue weighted by atomic mass is 32.3. The molecule has 3 aliphatic heterocycles. The predicted octanol–water partition coefficient (Wildman–Crippen LogP) is 11.8. The fraction of sp³-hybridized carbons (Fsp3) is 0. The highest BCUT2D eigenvalue weighted by Crippen LogP contribution is 2.79. The lowest BCUT2D eigenvalue weighted by Crippen LogP contribution is -2.57. The molecule has 0 bridgehead atoms. The van der Waals surface area contributed by atoms with Gasteiger partial charge in [-0.05, 0) is 77.2 Å². The standard InChI is InChI=1S/C48H29BN2OS/c1-3-15-30(16-4-1)53(31-17-5-2-6-18-31)42-27-12-10-25-40(42)50-46-38(23-14-28-43(46)53)49-44-36(29-37-33-20-8-11-26-41(33)52-48(37)47(44)50)35-22-13-21-34-32-19-7-9-24-39(32)51(49)45(34)35/h1-29H. The zero-order valence-electron chi connectivity index (χ0n) is 28.5. The van der Waals surface area contributed by atoms with Crippen molar-refractivity contribution in [3.05, 3.63) is 176 Å². The molecular formula is C48H29BN2OS. The summed E-state index contributed by atoms with van der Waals surface area (Å²) in [5, 5.41) is 4.89. The Morgan fingerprint density at radius 3 is 1.98 bits per heavy atom. The van der Waals surface area contributed by atoms with Crippen LogP contribution in [0.15, 0.2) is 200 Å². The average Bonchev–Trinajstić information content (AvgIpc) is 3.77. The summed E-state index contributed by atoms with van der Waals surface area (Å²) in [5.74, 6) is 0. The van der Waals surface area contributed by atoms with Crippen LogP contribution in [0.2, 0.25) is 0 Å². The number of aromatic nitrogens is 1.